The molecule has 0 radical (unpaired) electrons. The van der Waals surface area contributed by atoms with Crippen LogP contribution in [0.3, 0.4) is 0 Å². The molecule has 0 aliphatic heterocycles. The summed E-state index contributed by atoms with van der Waals surface area (Å²) < 4.78 is 4.91. The summed E-state index contributed by atoms with van der Waals surface area (Å²) in [4.78, 5) is 11.2. The lowest BCUT2D eigenvalue weighted by Gasteiger charge is -2.12. The van der Waals surface area contributed by atoms with Crippen LogP contribution in [0.2, 0.25) is 0 Å². The van der Waals surface area contributed by atoms with Gasteiger partial charge in [0, 0.05) is 12.5 Å². The molecule has 0 saturated carbocycles. The molecule has 1 unspecified atom stereocenters. The number of hydrogen-bond acceptors (Lipinski definition) is 3. The van der Waals surface area contributed by atoms with Crippen molar-refractivity contribution in [3.05, 3.63) is 35.4 Å². The van der Waals surface area contributed by atoms with Crippen LogP contribution in [0.1, 0.15) is 69.5 Å². The van der Waals surface area contributed by atoms with Crippen LogP contribution in [-0.2, 0) is 16.0 Å². The molecular formula is C18H29NO2. The largest absolute Gasteiger partial charge is 0.466 e. The molecule has 1 atom stereocenters. The highest BCUT2D eigenvalue weighted by molar-refractivity contribution is 5.69. The van der Waals surface area contributed by atoms with Gasteiger partial charge in [0.2, 0.25) is 0 Å². The number of carbonyl (C=O) groups is 1. The molecule has 0 amide bonds. The Balaban J connectivity index is 2.28. The van der Waals surface area contributed by atoms with Gasteiger partial charge in [0.15, 0.2) is 0 Å². The van der Waals surface area contributed by atoms with Crippen molar-refractivity contribution >= 4 is 5.97 Å². The molecule has 1 rings (SSSR count). The Morgan fingerprint density at radius 1 is 1.14 bits per heavy atom. The fourth-order valence-corrected chi connectivity index (χ4v) is 2.35. The van der Waals surface area contributed by atoms with Crippen molar-refractivity contribution in [1.29, 1.82) is 0 Å². The maximum Gasteiger partial charge on any atom is 0.305 e. The summed E-state index contributed by atoms with van der Waals surface area (Å²) in [6, 6.07) is 8.71. The third-order valence-corrected chi connectivity index (χ3v) is 3.68. The molecule has 2 N–H and O–H groups in total. The van der Waals surface area contributed by atoms with E-state index in [-0.39, 0.29) is 12.0 Å². The number of carbonyl (C=O) groups excluding carboxylic acids is 1. The summed E-state index contributed by atoms with van der Waals surface area (Å²) in [6.07, 6.45) is 6.81. The summed E-state index contributed by atoms with van der Waals surface area (Å²) >= 11 is 0. The number of hydrogen-bond donors (Lipinski definition) is 1. The highest BCUT2D eigenvalue weighted by Gasteiger charge is 2.07. The zero-order valence-corrected chi connectivity index (χ0v) is 13.4. The Bertz CT molecular complexity index is 400. The molecular weight excluding hydrogens is 262 g/mol. The Morgan fingerprint density at radius 2 is 1.86 bits per heavy atom. The minimum Gasteiger partial charge on any atom is -0.466 e. The lowest BCUT2D eigenvalue weighted by atomic mass is 9.99. The van der Waals surface area contributed by atoms with E-state index >= 15 is 0 Å². The van der Waals surface area contributed by atoms with E-state index in [1.807, 2.05) is 6.92 Å². The van der Waals surface area contributed by atoms with Crippen LogP contribution in [0.15, 0.2) is 24.3 Å². The molecule has 3 heteroatoms. The van der Waals surface area contributed by atoms with Crippen molar-refractivity contribution in [3.63, 3.8) is 0 Å². The first-order chi connectivity index (χ1) is 10.2. The van der Waals surface area contributed by atoms with E-state index < -0.39 is 0 Å². The second-order valence-electron chi connectivity index (χ2n) is 5.50. The molecule has 3 nitrogen and oxygen atoms in total. The molecule has 1 aromatic rings. The van der Waals surface area contributed by atoms with Gasteiger partial charge in [-0.15, -0.1) is 0 Å². The molecule has 1 aromatic carbocycles. The van der Waals surface area contributed by atoms with Crippen LogP contribution in [0.25, 0.3) is 0 Å². The zero-order valence-electron chi connectivity index (χ0n) is 13.4. The number of nitrogens with two attached hydrogens (primary N) is 1. The second-order valence-corrected chi connectivity index (χ2v) is 5.50. The van der Waals surface area contributed by atoms with Crippen LogP contribution >= 0.6 is 0 Å². The molecule has 21 heavy (non-hydrogen) atoms. The van der Waals surface area contributed by atoms with Gasteiger partial charge in [0.05, 0.1) is 6.61 Å². The van der Waals surface area contributed by atoms with Gasteiger partial charge >= 0.3 is 5.97 Å². The molecule has 0 bridgehead atoms. The number of esters is 1. The topological polar surface area (TPSA) is 52.3 Å². The Morgan fingerprint density at radius 3 is 2.48 bits per heavy atom. The third kappa shape index (κ3) is 7.28. The number of benzene rings is 1. The van der Waals surface area contributed by atoms with E-state index in [2.05, 4.69) is 31.2 Å². The zero-order chi connectivity index (χ0) is 15.5. The number of rotatable bonds is 10. The van der Waals surface area contributed by atoms with E-state index in [0.717, 1.165) is 25.7 Å². The van der Waals surface area contributed by atoms with Crippen molar-refractivity contribution in [2.24, 2.45) is 5.73 Å². The minimum absolute atomic E-state index is 0.0624. The molecule has 0 spiro atoms. The molecule has 0 saturated heterocycles. The first kappa shape index (κ1) is 17.7. The summed E-state index contributed by atoms with van der Waals surface area (Å²) in [5.41, 5.74) is 8.78. The second kappa shape index (κ2) is 10.4. The highest BCUT2D eigenvalue weighted by Crippen LogP contribution is 2.18. The van der Waals surface area contributed by atoms with Gasteiger partial charge in [-0.1, -0.05) is 44.0 Å². The van der Waals surface area contributed by atoms with Crippen molar-refractivity contribution in [2.75, 3.05) is 6.61 Å². The smallest absolute Gasteiger partial charge is 0.305 e. The monoisotopic (exact) mass is 291 g/mol. The van der Waals surface area contributed by atoms with Crippen LogP contribution in [0.4, 0.5) is 0 Å². The SMILES string of the molecule is CCCCc1ccc(C(N)CCCCC(=O)OCC)cc1. The molecule has 0 aliphatic rings. The molecule has 0 heterocycles. The fraction of sp³-hybridized carbons (Fsp3) is 0.611. The minimum atomic E-state index is -0.105. The lowest BCUT2D eigenvalue weighted by Crippen LogP contribution is -2.10. The van der Waals surface area contributed by atoms with Gasteiger partial charge in [0.1, 0.15) is 0 Å². The van der Waals surface area contributed by atoms with Crippen molar-refractivity contribution < 1.29 is 9.53 Å². The van der Waals surface area contributed by atoms with Crippen molar-refractivity contribution in [3.8, 4) is 0 Å². The fourth-order valence-electron chi connectivity index (χ4n) is 2.35. The van der Waals surface area contributed by atoms with Gasteiger partial charge < -0.3 is 10.5 Å². The first-order valence-corrected chi connectivity index (χ1v) is 8.17. The van der Waals surface area contributed by atoms with Crippen LogP contribution in [0.5, 0.6) is 0 Å². The average molecular weight is 291 g/mol. The normalized spacial score (nSPS) is 12.1. The predicted molar refractivity (Wildman–Crippen MR) is 87.1 cm³/mol. The quantitative estimate of drug-likeness (QED) is 0.520. The van der Waals surface area contributed by atoms with E-state index in [9.17, 15) is 4.79 Å². The standard InChI is InChI=1S/C18H29NO2/c1-3-5-8-15-11-13-16(14-12-15)17(19)9-6-7-10-18(20)21-4-2/h11-14,17H,3-10,19H2,1-2H3. The average Bonchev–Trinajstić information content (AvgIpc) is 2.50. The van der Waals surface area contributed by atoms with E-state index in [1.54, 1.807) is 0 Å². The predicted octanol–water partition coefficient (Wildman–Crippen LogP) is 4.15. The van der Waals surface area contributed by atoms with Crippen LogP contribution in [0, 0.1) is 0 Å². The maximum atomic E-state index is 11.2. The van der Waals surface area contributed by atoms with Gasteiger partial charge in [-0.3, -0.25) is 4.79 Å². The van der Waals surface area contributed by atoms with Crippen LogP contribution < -0.4 is 5.73 Å². The molecule has 0 aliphatic carbocycles. The summed E-state index contributed by atoms with van der Waals surface area (Å²) in [5, 5.41) is 0. The lowest BCUT2D eigenvalue weighted by molar-refractivity contribution is -0.143. The first-order valence-electron chi connectivity index (χ1n) is 8.17. The summed E-state index contributed by atoms with van der Waals surface area (Å²) in [6.45, 7) is 4.50. The Labute approximate surface area is 128 Å². The van der Waals surface area contributed by atoms with Crippen molar-refractivity contribution in [2.45, 2.75) is 64.8 Å². The van der Waals surface area contributed by atoms with E-state index in [0.29, 0.717) is 13.0 Å². The molecule has 0 aromatic heterocycles. The molecule has 118 valence electrons. The van der Waals surface area contributed by atoms with E-state index in [1.165, 1.54) is 24.0 Å². The van der Waals surface area contributed by atoms with E-state index in [4.69, 9.17) is 10.5 Å². The van der Waals surface area contributed by atoms with Gasteiger partial charge in [-0.25, -0.2) is 0 Å². The maximum absolute atomic E-state index is 11.2. The number of ether oxygens (including phenoxy) is 1. The van der Waals surface area contributed by atoms with Crippen LogP contribution in [-0.4, -0.2) is 12.6 Å². The number of unbranched alkanes of at least 4 members (excludes halogenated alkanes) is 2. The van der Waals surface area contributed by atoms with Gasteiger partial charge in [-0.2, -0.15) is 0 Å². The third-order valence-electron chi connectivity index (χ3n) is 3.68. The summed E-state index contributed by atoms with van der Waals surface area (Å²) in [5.74, 6) is -0.105. The van der Waals surface area contributed by atoms with Gasteiger partial charge in [-0.05, 0) is 43.7 Å². The number of aryl methyl sites for hydroxylation is 1. The highest BCUT2D eigenvalue weighted by atomic mass is 16.5. The Hall–Kier alpha value is -1.35. The summed E-state index contributed by atoms with van der Waals surface area (Å²) in [7, 11) is 0. The van der Waals surface area contributed by atoms with Gasteiger partial charge in [0.25, 0.3) is 0 Å². The van der Waals surface area contributed by atoms with Crippen molar-refractivity contribution in [1.82, 2.24) is 0 Å². The molecule has 0 fully saturated rings. The Kier molecular flexibility index (Phi) is 8.76.